The molecule has 0 bridgehead atoms. The van der Waals surface area contributed by atoms with E-state index in [9.17, 15) is 23.2 Å². The summed E-state index contributed by atoms with van der Waals surface area (Å²) in [6.07, 6.45) is -1.24. The van der Waals surface area contributed by atoms with E-state index in [-0.39, 0.29) is 18.9 Å². The first kappa shape index (κ1) is 22.2. The summed E-state index contributed by atoms with van der Waals surface area (Å²) in [5, 5.41) is 13.6. The van der Waals surface area contributed by atoms with Crippen LogP contribution in [0.4, 0.5) is 19.3 Å². The van der Waals surface area contributed by atoms with Crippen LogP contribution in [0.15, 0.2) is 42.5 Å². The number of nitrogens with zero attached hydrogens (tertiary/aromatic N) is 1. The summed E-state index contributed by atoms with van der Waals surface area (Å²) in [5.74, 6) is -3.59. The molecule has 0 aromatic heterocycles. The molecule has 2 aromatic rings. The second-order valence-corrected chi connectivity index (χ2v) is 7.71. The number of carbonyl (C=O) groups is 3. The number of para-hydroxylation sites is 1. The zero-order valence-electron chi connectivity index (χ0n) is 17.1. The Morgan fingerprint density at radius 2 is 1.65 bits per heavy atom. The van der Waals surface area contributed by atoms with Gasteiger partial charge in [0, 0.05) is 13.0 Å². The molecule has 0 fully saturated rings. The van der Waals surface area contributed by atoms with Gasteiger partial charge in [-0.2, -0.15) is 0 Å². The number of hydrogen-bond donors (Lipinski definition) is 3. The SMILES string of the molecule is CC(C)[C@H](NC(=O)O)C(=O)N1Cc2ccccc2C[C@H]1C(=O)Nc1c(F)cccc1F. The maximum Gasteiger partial charge on any atom is 0.405 e. The summed E-state index contributed by atoms with van der Waals surface area (Å²) in [4.78, 5) is 38.7. The summed E-state index contributed by atoms with van der Waals surface area (Å²) < 4.78 is 28.1. The molecule has 3 amide bonds. The Morgan fingerprint density at radius 1 is 1.03 bits per heavy atom. The van der Waals surface area contributed by atoms with Crippen LogP contribution in [0.2, 0.25) is 0 Å². The highest BCUT2D eigenvalue weighted by Gasteiger charge is 2.39. The molecule has 3 rings (SSSR count). The first-order valence-electron chi connectivity index (χ1n) is 9.80. The monoisotopic (exact) mass is 431 g/mol. The first-order chi connectivity index (χ1) is 14.7. The molecule has 7 nitrogen and oxygen atoms in total. The summed E-state index contributed by atoms with van der Waals surface area (Å²) in [5.41, 5.74) is 1.05. The van der Waals surface area contributed by atoms with E-state index in [1.165, 1.54) is 11.0 Å². The van der Waals surface area contributed by atoms with Crippen molar-refractivity contribution in [2.75, 3.05) is 5.32 Å². The molecule has 0 radical (unpaired) electrons. The molecular weight excluding hydrogens is 408 g/mol. The van der Waals surface area contributed by atoms with E-state index in [4.69, 9.17) is 5.11 Å². The van der Waals surface area contributed by atoms with E-state index in [2.05, 4.69) is 10.6 Å². The average Bonchev–Trinajstić information content (AvgIpc) is 2.72. The second-order valence-electron chi connectivity index (χ2n) is 7.71. The van der Waals surface area contributed by atoms with Crippen LogP contribution in [-0.4, -0.2) is 40.0 Å². The Hall–Kier alpha value is -3.49. The normalized spacial score (nSPS) is 16.4. The van der Waals surface area contributed by atoms with E-state index in [1.54, 1.807) is 26.0 Å². The van der Waals surface area contributed by atoms with Crippen LogP contribution in [0.25, 0.3) is 0 Å². The zero-order valence-corrected chi connectivity index (χ0v) is 17.1. The van der Waals surface area contributed by atoms with Gasteiger partial charge in [0.25, 0.3) is 0 Å². The van der Waals surface area contributed by atoms with E-state index in [1.807, 2.05) is 12.1 Å². The van der Waals surface area contributed by atoms with Crippen LogP contribution in [0.3, 0.4) is 0 Å². The molecule has 0 aliphatic carbocycles. The quantitative estimate of drug-likeness (QED) is 0.677. The molecule has 0 saturated carbocycles. The van der Waals surface area contributed by atoms with Crippen LogP contribution >= 0.6 is 0 Å². The van der Waals surface area contributed by atoms with Crippen molar-refractivity contribution in [3.8, 4) is 0 Å². The number of carbonyl (C=O) groups excluding carboxylic acids is 2. The molecule has 1 heterocycles. The van der Waals surface area contributed by atoms with E-state index in [0.717, 1.165) is 23.3 Å². The molecule has 2 aromatic carbocycles. The Balaban J connectivity index is 1.95. The minimum atomic E-state index is -1.36. The molecule has 0 saturated heterocycles. The van der Waals surface area contributed by atoms with Gasteiger partial charge >= 0.3 is 6.09 Å². The van der Waals surface area contributed by atoms with Gasteiger partial charge in [0.05, 0.1) is 0 Å². The van der Waals surface area contributed by atoms with Crippen LogP contribution in [0.1, 0.15) is 25.0 Å². The zero-order chi connectivity index (χ0) is 22.7. The number of anilines is 1. The number of fused-ring (bicyclic) bond motifs is 1. The highest BCUT2D eigenvalue weighted by molar-refractivity contribution is 5.99. The minimum absolute atomic E-state index is 0.0668. The molecule has 0 spiro atoms. The maximum atomic E-state index is 14.0. The lowest BCUT2D eigenvalue weighted by Gasteiger charge is -2.38. The third-order valence-electron chi connectivity index (χ3n) is 5.26. The molecule has 1 aliphatic rings. The average molecular weight is 431 g/mol. The largest absolute Gasteiger partial charge is 0.465 e. The third-order valence-corrected chi connectivity index (χ3v) is 5.26. The van der Waals surface area contributed by atoms with Crippen LogP contribution in [0, 0.1) is 17.6 Å². The van der Waals surface area contributed by atoms with Crippen molar-refractivity contribution < 1.29 is 28.3 Å². The first-order valence-corrected chi connectivity index (χ1v) is 9.80. The lowest BCUT2D eigenvalue weighted by Crippen LogP contribution is -2.58. The van der Waals surface area contributed by atoms with Gasteiger partial charge in [-0.05, 0) is 29.2 Å². The fourth-order valence-electron chi connectivity index (χ4n) is 3.64. The van der Waals surface area contributed by atoms with Crippen LogP contribution in [-0.2, 0) is 22.6 Å². The van der Waals surface area contributed by atoms with E-state index >= 15 is 0 Å². The predicted octanol–water partition coefficient (Wildman–Crippen LogP) is 3.15. The lowest BCUT2D eigenvalue weighted by atomic mass is 9.91. The third kappa shape index (κ3) is 4.82. The molecule has 3 N–H and O–H groups in total. The number of nitrogens with one attached hydrogen (secondary N) is 2. The van der Waals surface area contributed by atoms with Crippen LogP contribution < -0.4 is 10.6 Å². The Kier molecular flexibility index (Phi) is 6.53. The number of amides is 3. The summed E-state index contributed by atoms with van der Waals surface area (Å²) in [6, 6.07) is 8.29. The van der Waals surface area contributed by atoms with Crippen molar-refractivity contribution >= 4 is 23.6 Å². The highest BCUT2D eigenvalue weighted by atomic mass is 19.1. The van der Waals surface area contributed by atoms with Crippen LogP contribution in [0.5, 0.6) is 0 Å². The smallest absolute Gasteiger partial charge is 0.405 e. The molecule has 31 heavy (non-hydrogen) atoms. The topological polar surface area (TPSA) is 98.7 Å². The summed E-state index contributed by atoms with van der Waals surface area (Å²) >= 11 is 0. The highest BCUT2D eigenvalue weighted by Crippen LogP contribution is 2.27. The van der Waals surface area contributed by atoms with Gasteiger partial charge in [-0.1, -0.05) is 44.2 Å². The summed E-state index contributed by atoms with van der Waals surface area (Å²) in [6.45, 7) is 3.43. The van der Waals surface area contributed by atoms with E-state index in [0.29, 0.717) is 0 Å². The van der Waals surface area contributed by atoms with Gasteiger partial charge in [-0.25, -0.2) is 13.6 Å². The van der Waals surface area contributed by atoms with Crippen molar-refractivity contribution in [3.05, 3.63) is 65.2 Å². The second kappa shape index (κ2) is 9.11. The fraction of sp³-hybridized carbons (Fsp3) is 0.318. The van der Waals surface area contributed by atoms with Crippen molar-refractivity contribution in [2.24, 2.45) is 5.92 Å². The fourth-order valence-corrected chi connectivity index (χ4v) is 3.64. The summed E-state index contributed by atoms with van der Waals surface area (Å²) in [7, 11) is 0. The number of hydrogen-bond acceptors (Lipinski definition) is 3. The minimum Gasteiger partial charge on any atom is -0.465 e. The molecule has 9 heteroatoms. The van der Waals surface area contributed by atoms with Crippen molar-refractivity contribution in [1.29, 1.82) is 0 Å². The van der Waals surface area contributed by atoms with Crippen molar-refractivity contribution in [1.82, 2.24) is 10.2 Å². The number of halogens is 2. The number of carboxylic acid groups (broad SMARTS) is 1. The number of rotatable bonds is 5. The maximum absolute atomic E-state index is 14.0. The standard InChI is InChI=1S/C22H23F2N3O4/c1-12(2)18(26-22(30)31)21(29)27-11-14-7-4-3-6-13(14)10-17(27)20(28)25-19-15(23)8-5-9-16(19)24/h3-9,12,17-18,26H,10-11H2,1-2H3,(H,25,28)(H,30,31)/t17-,18-/m0/s1. The lowest BCUT2D eigenvalue weighted by molar-refractivity contribution is -0.142. The van der Waals surface area contributed by atoms with Crippen molar-refractivity contribution in [2.45, 2.75) is 38.9 Å². The van der Waals surface area contributed by atoms with Crippen molar-refractivity contribution in [3.63, 3.8) is 0 Å². The van der Waals surface area contributed by atoms with Gasteiger partial charge in [-0.3, -0.25) is 9.59 Å². The number of benzene rings is 2. The van der Waals surface area contributed by atoms with E-state index < -0.39 is 47.3 Å². The van der Waals surface area contributed by atoms with Gasteiger partial charge in [0.15, 0.2) is 0 Å². The Labute approximate surface area is 178 Å². The van der Waals surface area contributed by atoms with Gasteiger partial charge in [-0.15, -0.1) is 0 Å². The van der Waals surface area contributed by atoms with Gasteiger partial charge in [0.2, 0.25) is 11.8 Å². The molecule has 164 valence electrons. The molecule has 1 aliphatic heterocycles. The molecular formula is C22H23F2N3O4. The molecule has 0 unspecified atom stereocenters. The molecule has 2 atom stereocenters. The van der Waals surface area contributed by atoms with Gasteiger partial charge < -0.3 is 20.6 Å². The van der Waals surface area contributed by atoms with Gasteiger partial charge in [0.1, 0.15) is 29.4 Å². The Bertz CT molecular complexity index is 992. The Morgan fingerprint density at radius 3 is 2.23 bits per heavy atom. The predicted molar refractivity (Wildman–Crippen MR) is 109 cm³/mol.